The fourth-order valence-corrected chi connectivity index (χ4v) is 3.27. The molecule has 0 aliphatic carbocycles. The number of carbonyl (C=O) groups is 1. The number of ether oxygens (including phenoxy) is 3. The van der Waals surface area contributed by atoms with Gasteiger partial charge < -0.3 is 19.1 Å². The number of rotatable bonds is 6. The second-order valence-corrected chi connectivity index (χ2v) is 6.28. The highest BCUT2D eigenvalue weighted by Crippen LogP contribution is 2.41. The van der Waals surface area contributed by atoms with E-state index in [1.807, 2.05) is 47.4 Å². The minimum Gasteiger partial charge on any atom is -0.493 e. The lowest BCUT2D eigenvalue weighted by Crippen LogP contribution is -2.37. The van der Waals surface area contributed by atoms with E-state index >= 15 is 0 Å². The van der Waals surface area contributed by atoms with E-state index < -0.39 is 6.03 Å². The predicted molar refractivity (Wildman–Crippen MR) is 108 cm³/mol. The van der Waals surface area contributed by atoms with Gasteiger partial charge in [0.2, 0.25) is 11.6 Å². The van der Waals surface area contributed by atoms with Gasteiger partial charge in [-0.15, -0.1) is 0 Å². The van der Waals surface area contributed by atoms with E-state index in [-0.39, 0.29) is 0 Å². The number of nitrogens with zero attached hydrogens (tertiary/aromatic N) is 4. The largest absolute Gasteiger partial charge is 0.493 e. The zero-order valence-electron chi connectivity index (χ0n) is 16.2. The number of amides is 2. The van der Waals surface area contributed by atoms with Crippen molar-refractivity contribution in [2.45, 2.75) is 6.54 Å². The van der Waals surface area contributed by atoms with Crippen LogP contribution in [0.3, 0.4) is 0 Å². The summed E-state index contributed by atoms with van der Waals surface area (Å²) in [6, 6.07) is 13.0. The van der Waals surface area contributed by atoms with E-state index in [0.29, 0.717) is 35.5 Å². The Morgan fingerprint density at radius 2 is 1.66 bits per heavy atom. The lowest BCUT2D eigenvalue weighted by molar-refractivity contribution is 0.253. The lowest BCUT2D eigenvalue weighted by Gasteiger charge is -2.29. The van der Waals surface area contributed by atoms with Gasteiger partial charge in [-0.1, -0.05) is 30.3 Å². The van der Waals surface area contributed by atoms with Gasteiger partial charge in [0.05, 0.1) is 33.2 Å². The van der Waals surface area contributed by atoms with Crippen LogP contribution in [0.2, 0.25) is 0 Å². The average molecular weight is 391 g/mol. The third-order valence-corrected chi connectivity index (χ3v) is 4.60. The summed E-state index contributed by atoms with van der Waals surface area (Å²) in [7, 11) is 4.68. The molecule has 2 heterocycles. The number of amidine groups is 2. The Morgan fingerprint density at radius 3 is 2.28 bits per heavy atom. The fraction of sp³-hybridized carbons (Fsp3) is 0.190. The average Bonchev–Trinajstić information content (AvgIpc) is 3.14. The molecule has 2 aliphatic rings. The highest BCUT2D eigenvalue weighted by molar-refractivity contribution is 6.49. The van der Waals surface area contributed by atoms with Crippen molar-refractivity contribution in [1.29, 1.82) is 0 Å². The molecule has 0 saturated heterocycles. The minimum absolute atomic E-state index is 0.308. The fourth-order valence-electron chi connectivity index (χ4n) is 3.27. The van der Waals surface area contributed by atoms with E-state index in [9.17, 15) is 4.79 Å². The minimum atomic E-state index is -0.559. The van der Waals surface area contributed by atoms with Gasteiger partial charge in [0, 0.05) is 12.1 Å². The third kappa shape index (κ3) is 3.40. The summed E-state index contributed by atoms with van der Waals surface area (Å²) in [6.07, 6.45) is 1.67. The van der Waals surface area contributed by atoms with Crippen LogP contribution in [0.15, 0.2) is 58.6 Å². The Morgan fingerprint density at radius 1 is 0.966 bits per heavy atom. The lowest BCUT2D eigenvalue weighted by atomic mass is 10.1. The van der Waals surface area contributed by atoms with Crippen LogP contribution in [0, 0.1) is 0 Å². The highest BCUT2D eigenvalue weighted by Gasteiger charge is 2.34. The summed E-state index contributed by atoms with van der Waals surface area (Å²) < 4.78 is 16.4. The first-order valence-electron chi connectivity index (χ1n) is 8.89. The summed E-state index contributed by atoms with van der Waals surface area (Å²) >= 11 is 0. The zero-order chi connectivity index (χ0) is 20.4. The summed E-state index contributed by atoms with van der Waals surface area (Å²) in [4.78, 5) is 22.1. The van der Waals surface area contributed by atoms with E-state index in [1.54, 1.807) is 27.5 Å². The molecule has 2 aromatic rings. The molecule has 0 bridgehead atoms. The van der Waals surface area contributed by atoms with Crippen molar-refractivity contribution in [1.82, 2.24) is 10.2 Å². The Bertz CT molecular complexity index is 1020. The van der Waals surface area contributed by atoms with Crippen molar-refractivity contribution < 1.29 is 19.0 Å². The zero-order valence-corrected chi connectivity index (χ0v) is 16.2. The summed E-state index contributed by atoms with van der Waals surface area (Å²) in [5.41, 5.74) is 2.56. The molecule has 2 aliphatic heterocycles. The maximum Gasteiger partial charge on any atom is 0.371 e. The molecule has 1 radical (unpaired) electrons. The predicted octanol–water partition coefficient (Wildman–Crippen LogP) is 3.06. The van der Waals surface area contributed by atoms with Gasteiger partial charge in [-0.3, -0.25) is 0 Å². The van der Waals surface area contributed by atoms with Crippen LogP contribution < -0.4 is 19.5 Å². The van der Waals surface area contributed by atoms with E-state index in [4.69, 9.17) is 14.2 Å². The molecule has 147 valence electrons. The first-order valence-corrected chi connectivity index (χ1v) is 8.89. The van der Waals surface area contributed by atoms with Crippen molar-refractivity contribution in [3.63, 3.8) is 0 Å². The Hall–Kier alpha value is -3.81. The topological polar surface area (TPSA) is 86.8 Å². The van der Waals surface area contributed by atoms with E-state index in [1.165, 1.54) is 0 Å². The van der Waals surface area contributed by atoms with Gasteiger partial charge in [-0.25, -0.2) is 9.79 Å². The van der Waals surface area contributed by atoms with Crippen molar-refractivity contribution in [3.05, 3.63) is 59.8 Å². The van der Waals surface area contributed by atoms with Crippen LogP contribution in [0.4, 0.5) is 4.79 Å². The number of hydrogen-bond donors (Lipinski definition) is 0. The monoisotopic (exact) mass is 391 g/mol. The Balaban J connectivity index is 1.82. The number of hydrogen-bond acceptors (Lipinski definition) is 6. The second-order valence-electron chi connectivity index (χ2n) is 6.28. The molecule has 29 heavy (non-hydrogen) atoms. The molecule has 2 amide bonds. The molecular weight excluding hydrogens is 372 g/mol. The Kier molecular flexibility index (Phi) is 4.90. The summed E-state index contributed by atoms with van der Waals surface area (Å²) in [6.45, 7) is 0.490. The van der Waals surface area contributed by atoms with E-state index in [0.717, 1.165) is 16.8 Å². The quantitative estimate of drug-likeness (QED) is 0.755. The van der Waals surface area contributed by atoms with Crippen LogP contribution in [-0.4, -0.2) is 43.9 Å². The number of benzene rings is 2. The van der Waals surface area contributed by atoms with Crippen LogP contribution in [0.5, 0.6) is 17.2 Å². The van der Waals surface area contributed by atoms with Gasteiger partial charge in [0.15, 0.2) is 17.3 Å². The van der Waals surface area contributed by atoms with Crippen molar-refractivity contribution in [2.75, 3.05) is 21.3 Å². The number of urea groups is 1. The Labute approximate surface area is 168 Å². The number of carbonyl (C=O) groups excluding carboxylic acids is 1. The van der Waals surface area contributed by atoms with Crippen LogP contribution in [0.25, 0.3) is 5.70 Å². The molecule has 0 saturated carbocycles. The van der Waals surface area contributed by atoms with Gasteiger partial charge in [0.25, 0.3) is 0 Å². The van der Waals surface area contributed by atoms with Crippen LogP contribution >= 0.6 is 0 Å². The molecule has 0 N–H and O–H groups in total. The normalized spacial score (nSPS) is 15.1. The second kappa shape index (κ2) is 7.67. The molecule has 0 unspecified atom stereocenters. The van der Waals surface area contributed by atoms with Gasteiger partial charge in [0.1, 0.15) is 0 Å². The standard InChI is InChI=1S/C21H19N4O4/c1-27-16-9-14(10-17(28-2)18(16)29-3)15-11-22-19-20(24-21(26)23-19)25(15)12-13-7-5-4-6-8-13/h4-11H,12H2,1-3H3. The molecule has 0 aromatic heterocycles. The molecular formula is C21H19N4O4. The van der Waals surface area contributed by atoms with Gasteiger partial charge in [-0.05, 0) is 17.7 Å². The number of methoxy groups -OCH3 is 3. The first-order chi connectivity index (χ1) is 14.1. The summed E-state index contributed by atoms with van der Waals surface area (Å²) in [5.74, 6) is 2.27. The smallest absolute Gasteiger partial charge is 0.371 e. The van der Waals surface area contributed by atoms with Crippen LogP contribution in [-0.2, 0) is 6.54 Å². The SMILES string of the molecule is COc1cc(C2=CN=C3[N]C(=O)N=C3N2Cc2ccccc2)cc(OC)c1OC. The molecule has 0 spiro atoms. The molecule has 4 rings (SSSR count). The van der Waals surface area contributed by atoms with Gasteiger partial charge in [-0.2, -0.15) is 10.3 Å². The maximum absolute atomic E-state index is 11.8. The molecule has 0 atom stereocenters. The van der Waals surface area contributed by atoms with Crippen molar-refractivity contribution >= 4 is 23.4 Å². The molecule has 8 heteroatoms. The molecule has 8 nitrogen and oxygen atoms in total. The number of aliphatic imine (C=N–C) groups is 2. The van der Waals surface area contributed by atoms with E-state index in [2.05, 4.69) is 15.3 Å². The third-order valence-electron chi connectivity index (χ3n) is 4.60. The van der Waals surface area contributed by atoms with Gasteiger partial charge >= 0.3 is 6.03 Å². The van der Waals surface area contributed by atoms with Crippen molar-refractivity contribution in [3.8, 4) is 17.2 Å². The summed E-state index contributed by atoms with van der Waals surface area (Å²) in [5, 5.41) is 3.88. The highest BCUT2D eigenvalue weighted by atomic mass is 16.5. The van der Waals surface area contributed by atoms with Crippen LogP contribution in [0.1, 0.15) is 11.1 Å². The molecule has 2 aromatic carbocycles. The molecule has 0 fully saturated rings. The number of fused-ring (bicyclic) bond motifs is 1. The van der Waals surface area contributed by atoms with Crippen molar-refractivity contribution in [2.24, 2.45) is 9.98 Å². The first kappa shape index (κ1) is 18.5. The maximum atomic E-state index is 11.8.